The van der Waals surface area contributed by atoms with Crippen molar-refractivity contribution in [3.63, 3.8) is 0 Å². The highest BCUT2D eigenvalue weighted by atomic mass is 79.9. The third-order valence-corrected chi connectivity index (χ3v) is 7.29. The summed E-state index contributed by atoms with van der Waals surface area (Å²) >= 11 is 20.1. The molecule has 1 fully saturated rings. The molecular weight excluding hydrogens is 375 g/mol. The Morgan fingerprint density at radius 1 is 0.625 bits per heavy atom. The molecule has 0 aromatic rings. The van der Waals surface area contributed by atoms with Crippen LogP contribution in [0.5, 0.6) is 0 Å². The highest BCUT2D eigenvalue weighted by Gasteiger charge is 2.21. The van der Waals surface area contributed by atoms with E-state index in [-0.39, 0.29) is 10.8 Å². The molecular formula is C12H20Br2Cl2. The highest BCUT2D eigenvalue weighted by Crippen LogP contribution is 2.29. The van der Waals surface area contributed by atoms with Gasteiger partial charge < -0.3 is 0 Å². The molecule has 0 heterocycles. The van der Waals surface area contributed by atoms with Crippen molar-refractivity contribution in [2.24, 2.45) is 0 Å². The van der Waals surface area contributed by atoms with E-state index < -0.39 is 0 Å². The van der Waals surface area contributed by atoms with E-state index in [0.29, 0.717) is 9.65 Å². The minimum Gasteiger partial charge on any atom is -0.121 e. The maximum Gasteiger partial charge on any atom is 0.0500 e. The highest BCUT2D eigenvalue weighted by molar-refractivity contribution is 9.12. The summed E-state index contributed by atoms with van der Waals surface area (Å²) in [6, 6.07) is 0. The van der Waals surface area contributed by atoms with Gasteiger partial charge in [0.15, 0.2) is 0 Å². The van der Waals surface area contributed by atoms with Gasteiger partial charge in [-0.05, 0) is 25.7 Å². The lowest BCUT2D eigenvalue weighted by atomic mass is 10.0. The average Bonchev–Trinajstić information content (AvgIpc) is 2.27. The fourth-order valence-corrected chi connectivity index (χ4v) is 3.72. The van der Waals surface area contributed by atoms with Gasteiger partial charge in [-0.25, -0.2) is 0 Å². The zero-order chi connectivity index (χ0) is 12.0. The molecule has 4 atom stereocenters. The van der Waals surface area contributed by atoms with Crippen LogP contribution in [0.1, 0.15) is 51.4 Å². The molecule has 16 heavy (non-hydrogen) atoms. The molecule has 0 amide bonds. The third kappa shape index (κ3) is 5.93. The molecule has 1 aliphatic carbocycles. The Balaban J connectivity index is 2.43. The first kappa shape index (κ1) is 15.6. The molecule has 96 valence electrons. The molecule has 4 unspecified atom stereocenters. The van der Waals surface area contributed by atoms with Crippen molar-refractivity contribution in [2.75, 3.05) is 0 Å². The monoisotopic (exact) mass is 392 g/mol. The minimum atomic E-state index is 0.126. The number of alkyl halides is 4. The SMILES string of the molecule is ClC1CCCCCCC(Br)C(Br)CCC1Cl. The second kappa shape index (κ2) is 8.61. The van der Waals surface area contributed by atoms with Crippen LogP contribution in [0.3, 0.4) is 0 Å². The Morgan fingerprint density at radius 2 is 1.12 bits per heavy atom. The van der Waals surface area contributed by atoms with Crippen molar-refractivity contribution in [1.82, 2.24) is 0 Å². The van der Waals surface area contributed by atoms with E-state index in [1.807, 2.05) is 0 Å². The molecule has 4 heteroatoms. The first-order valence-electron chi connectivity index (χ1n) is 6.17. The van der Waals surface area contributed by atoms with Crippen molar-refractivity contribution in [3.05, 3.63) is 0 Å². The summed E-state index contributed by atoms with van der Waals surface area (Å²) in [5, 5.41) is 0.274. The summed E-state index contributed by atoms with van der Waals surface area (Å²) in [4.78, 5) is 1.10. The summed E-state index contributed by atoms with van der Waals surface area (Å²) < 4.78 is 0. The van der Waals surface area contributed by atoms with Crippen LogP contribution in [-0.2, 0) is 0 Å². The van der Waals surface area contributed by atoms with Crippen molar-refractivity contribution < 1.29 is 0 Å². The van der Waals surface area contributed by atoms with Gasteiger partial charge in [0.05, 0.1) is 0 Å². The number of hydrogen-bond donors (Lipinski definition) is 0. The topological polar surface area (TPSA) is 0 Å². The molecule has 0 bridgehead atoms. The molecule has 0 N–H and O–H groups in total. The number of rotatable bonds is 0. The zero-order valence-corrected chi connectivity index (χ0v) is 14.2. The van der Waals surface area contributed by atoms with Gasteiger partial charge in [0, 0.05) is 20.4 Å². The predicted octanol–water partition coefficient (Wildman–Crippen LogP) is 5.86. The van der Waals surface area contributed by atoms with E-state index in [1.54, 1.807) is 0 Å². The van der Waals surface area contributed by atoms with E-state index in [9.17, 15) is 0 Å². The number of halogens is 4. The lowest BCUT2D eigenvalue weighted by Crippen LogP contribution is -2.20. The fourth-order valence-electron chi connectivity index (χ4n) is 2.07. The van der Waals surface area contributed by atoms with Crippen LogP contribution in [0.15, 0.2) is 0 Å². The van der Waals surface area contributed by atoms with Crippen LogP contribution >= 0.6 is 55.1 Å². The first-order valence-corrected chi connectivity index (χ1v) is 8.88. The van der Waals surface area contributed by atoms with Gasteiger partial charge in [-0.1, -0.05) is 57.5 Å². The van der Waals surface area contributed by atoms with Gasteiger partial charge in [-0.2, -0.15) is 0 Å². The second-order valence-corrected chi connectivity index (χ2v) is 8.11. The van der Waals surface area contributed by atoms with Gasteiger partial charge in [-0.3, -0.25) is 0 Å². The van der Waals surface area contributed by atoms with Crippen LogP contribution in [-0.4, -0.2) is 20.4 Å². The lowest BCUT2D eigenvalue weighted by molar-refractivity contribution is 0.527. The van der Waals surface area contributed by atoms with Crippen LogP contribution in [0.4, 0.5) is 0 Å². The first-order chi connectivity index (χ1) is 7.61. The van der Waals surface area contributed by atoms with E-state index in [4.69, 9.17) is 23.2 Å². The maximum atomic E-state index is 6.31. The molecule has 0 spiro atoms. The third-order valence-electron chi connectivity index (χ3n) is 3.21. The Kier molecular flexibility index (Phi) is 8.39. The zero-order valence-electron chi connectivity index (χ0n) is 9.48. The lowest BCUT2D eigenvalue weighted by Gasteiger charge is -2.21. The molecule has 0 aromatic heterocycles. The van der Waals surface area contributed by atoms with Crippen LogP contribution in [0.2, 0.25) is 0 Å². The van der Waals surface area contributed by atoms with E-state index in [1.165, 1.54) is 32.1 Å². The van der Waals surface area contributed by atoms with Crippen molar-refractivity contribution in [1.29, 1.82) is 0 Å². The summed E-state index contributed by atoms with van der Waals surface area (Å²) in [6.07, 6.45) is 9.59. The molecule has 0 aliphatic heterocycles. The summed E-state index contributed by atoms with van der Waals surface area (Å²) in [5.41, 5.74) is 0. The Labute approximate surface area is 126 Å². The molecule has 1 rings (SSSR count). The van der Waals surface area contributed by atoms with Gasteiger partial charge >= 0.3 is 0 Å². The van der Waals surface area contributed by atoms with Gasteiger partial charge in [0.25, 0.3) is 0 Å². The predicted molar refractivity (Wildman–Crippen MR) is 81.6 cm³/mol. The standard InChI is InChI=1S/C12H20Br2Cl2/c13-9-5-3-1-2-4-6-11(15)12(16)8-7-10(9)14/h9-12H,1-8H2. The average molecular weight is 395 g/mol. The molecule has 0 radical (unpaired) electrons. The molecule has 0 aromatic carbocycles. The van der Waals surface area contributed by atoms with E-state index in [0.717, 1.165) is 19.3 Å². The molecule has 0 nitrogen and oxygen atoms in total. The van der Waals surface area contributed by atoms with Crippen LogP contribution < -0.4 is 0 Å². The van der Waals surface area contributed by atoms with E-state index >= 15 is 0 Å². The molecule has 0 saturated heterocycles. The van der Waals surface area contributed by atoms with Crippen molar-refractivity contribution >= 4 is 55.1 Å². The van der Waals surface area contributed by atoms with E-state index in [2.05, 4.69) is 31.9 Å². The summed E-state index contributed by atoms with van der Waals surface area (Å²) in [6.45, 7) is 0. The largest absolute Gasteiger partial charge is 0.121 e. The van der Waals surface area contributed by atoms with Gasteiger partial charge in [0.2, 0.25) is 0 Å². The quantitative estimate of drug-likeness (QED) is 0.451. The summed E-state index contributed by atoms with van der Waals surface area (Å²) in [7, 11) is 0. The Morgan fingerprint density at radius 3 is 1.81 bits per heavy atom. The Hall–Kier alpha value is 1.54. The van der Waals surface area contributed by atoms with Crippen LogP contribution in [0.25, 0.3) is 0 Å². The smallest absolute Gasteiger partial charge is 0.0500 e. The minimum absolute atomic E-state index is 0.126. The fraction of sp³-hybridized carbons (Fsp3) is 1.00. The van der Waals surface area contributed by atoms with Crippen LogP contribution in [0, 0.1) is 0 Å². The molecule has 1 saturated carbocycles. The normalized spacial score (nSPS) is 39.8. The van der Waals surface area contributed by atoms with Crippen molar-refractivity contribution in [3.8, 4) is 0 Å². The Bertz CT molecular complexity index is 170. The van der Waals surface area contributed by atoms with Gasteiger partial charge in [-0.15, -0.1) is 23.2 Å². The second-order valence-electron chi connectivity index (χ2n) is 4.63. The maximum absolute atomic E-state index is 6.31. The van der Waals surface area contributed by atoms with Gasteiger partial charge in [0.1, 0.15) is 0 Å². The summed E-state index contributed by atoms with van der Waals surface area (Å²) in [5.74, 6) is 0. The molecule has 1 aliphatic rings. The van der Waals surface area contributed by atoms with Crippen molar-refractivity contribution in [2.45, 2.75) is 71.8 Å². The number of hydrogen-bond acceptors (Lipinski definition) is 0.